The van der Waals surface area contributed by atoms with E-state index in [0.29, 0.717) is 23.6 Å². The zero-order valence-corrected chi connectivity index (χ0v) is 14.7. The van der Waals surface area contributed by atoms with Crippen LogP contribution in [-0.4, -0.2) is 24.3 Å². The van der Waals surface area contributed by atoms with E-state index in [0.717, 1.165) is 16.6 Å². The van der Waals surface area contributed by atoms with Gasteiger partial charge in [0.15, 0.2) is 6.20 Å². The number of benzene rings is 2. The molecule has 0 unspecified atom stereocenters. The minimum absolute atomic E-state index is 0.172. The average molecular weight is 353 g/mol. The Morgan fingerprint density at radius 3 is 2.58 bits per heavy atom. The van der Waals surface area contributed by atoms with Crippen molar-refractivity contribution in [3.8, 4) is 11.5 Å². The van der Waals surface area contributed by atoms with E-state index in [-0.39, 0.29) is 12.4 Å². The van der Waals surface area contributed by atoms with E-state index in [4.69, 9.17) is 9.47 Å². The number of hydrogen-bond donors (Lipinski definition) is 2. The Balaban J connectivity index is 2.15. The number of phenols is 1. The smallest absolute Gasteiger partial charge is 0.346 e. The highest BCUT2D eigenvalue weighted by Crippen LogP contribution is 2.31. The molecule has 6 heteroatoms. The second-order valence-electron chi connectivity index (χ2n) is 5.61. The topological polar surface area (TPSA) is 81.9 Å². The van der Waals surface area contributed by atoms with E-state index in [9.17, 15) is 9.90 Å². The minimum Gasteiger partial charge on any atom is -0.508 e. The Hall–Kier alpha value is -3.28. The van der Waals surface area contributed by atoms with Gasteiger partial charge in [-0.2, -0.15) is 0 Å². The van der Waals surface area contributed by atoms with Crippen LogP contribution in [0, 0.1) is 0 Å². The largest absolute Gasteiger partial charge is 0.508 e. The molecule has 0 saturated heterocycles. The molecule has 0 aliphatic carbocycles. The van der Waals surface area contributed by atoms with E-state index in [1.54, 1.807) is 37.4 Å². The minimum atomic E-state index is -0.422. The molecule has 0 aliphatic heterocycles. The highest BCUT2D eigenvalue weighted by atomic mass is 16.5. The molecule has 134 valence electrons. The first-order chi connectivity index (χ1) is 12.6. The summed E-state index contributed by atoms with van der Waals surface area (Å²) >= 11 is 0. The van der Waals surface area contributed by atoms with E-state index in [2.05, 4.69) is 10.3 Å². The lowest BCUT2D eigenvalue weighted by molar-refractivity contribution is -0.344. The molecular formula is C20H21N2O4+. The molecule has 3 aromatic rings. The van der Waals surface area contributed by atoms with Crippen LogP contribution in [0.4, 0.5) is 11.4 Å². The first-order valence-electron chi connectivity index (χ1n) is 8.46. The van der Waals surface area contributed by atoms with Crippen molar-refractivity contribution < 1.29 is 24.4 Å². The molecule has 2 aromatic carbocycles. The number of H-pyrrole nitrogens is 1. The number of aromatic amines is 1. The molecule has 1 aromatic heterocycles. The lowest BCUT2D eigenvalue weighted by Crippen LogP contribution is -2.15. The number of pyridine rings is 1. The molecule has 0 radical (unpaired) electrons. The van der Waals surface area contributed by atoms with Crippen molar-refractivity contribution >= 4 is 28.2 Å². The van der Waals surface area contributed by atoms with E-state index in [1.165, 1.54) is 0 Å². The monoisotopic (exact) mass is 353 g/mol. The number of fused-ring (bicyclic) bond motifs is 1. The van der Waals surface area contributed by atoms with Crippen molar-refractivity contribution in [1.82, 2.24) is 0 Å². The molecule has 26 heavy (non-hydrogen) atoms. The van der Waals surface area contributed by atoms with Crippen LogP contribution in [0.3, 0.4) is 0 Å². The average Bonchev–Trinajstić information content (AvgIpc) is 2.64. The summed E-state index contributed by atoms with van der Waals surface area (Å²) in [6.07, 6.45) is 1.63. The van der Waals surface area contributed by atoms with Crippen LogP contribution in [-0.2, 0) is 4.74 Å². The van der Waals surface area contributed by atoms with Crippen molar-refractivity contribution in [2.24, 2.45) is 0 Å². The molecule has 1 heterocycles. The maximum atomic E-state index is 12.4. The summed E-state index contributed by atoms with van der Waals surface area (Å²) in [6, 6.07) is 12.3. The van der Waals surface area contributed by atoms with Crippen LogP contribution >= 0.6 is 0 Å². The fraction of sp³-hybridized carbons (Fsp3) is 0.200. The van der Waals surface area contributed by atoms with Crippen molar-refractivity contribution in [3.05, 3.63) is 54.2 Å². The lowest BCUT2D eigenvalue weighted by Gasteiger charge is -2.13. The number of carbonyl (C=O) groups is 1. The lowest BCUT2D eigenvalue weighted by atomic mass is 10.1. The maximum Gasteiger partial charge on any atom is 0.346 e. The summed E-state index contributed by atoms with van der Waals surface area (Å²) in [4.78, 5) is 15.5. The number of aromatic hydroxyl groups is 1. The second kappa shape index (κ2) is 7.74. The third-order valence-electron chi connectivity index (χ3n) is 3.84. The first kappa shape index (κ1) is 17.5. The van der Waals surface area contributed by atoms with Crippen LogP contribution in [0.1, 0.15) is 24.2 Å². The number of rotatable bonds is 6. The van der Waals surface area contributed by atoms with E-state index < -0.39 is 5.97 Å². The summed E-state index contributed by atoms with van der Waals surface area (Å²) in [5, 5.41) is 13.5. The van der Waals surface area contributed by atoms with Gasteiger partial charge in [0, 0.05) is 11.8 Å². The molecule has 3 rings (SSSR count). The van der Waals surface area contributed by atoms with Gasteiger partial charge in [-0.1, -0.05) is 0 Å². The van der Waals surface area contributed by atoms with Gasteiger partial charge >= 0.3 is 5.97 Å². The standard InChI is InChI=1S/C20H20N2O4/c1-3-25-15-9-10-18-16(11-15)19(17(12-21-18)20(24)26-4-2)22-13-5-7-14(23)8-6-13/h5-12,23H,3-4H2,1-2H3,(H,21,22)/p+1. The Kier molecular flexibility index (Phi) is 5.22. The Morgan fingerprint density at radius 2 is 1.88 bits per heavy atom. The molecule has 0 aliphatic rings. The SMILES string of the molecule is CCOC(=O)c1c[nH+]c2ccc(OCC)cc2c1Nc1ccc(O)cc1. The molecule has 0 bridgehead atoms. The van der Waals surface area contributed by atoms with Gasteiger partial charge < -0.3 is 19.9 Å². The normalized spacial score (nSPS) is 10.5. The third-order valence-corrected chi connectivity index (χ3v) is 3.84. The van der Waals surface area contributed by atoms with Crippen LogP contribution in [0.5, 0.6) is 11.5 Å². The van der Waals surface area contributed by atoms with Gasteiger partial charge in [0.2, 0.25) is 5.52 Å². The molecule has 0 amide bonds. The van der Waals surface area contributed by atoms with Crippen molar-refractivity contribution in [3.63, 3.8) is 0 Å². The highest BCUT2D eigenvalue weighted by Gasteiger charge is 2.21. The van der Waals surface area contributed by atoms with Gasteiger partial charge in [-0.05, 0) is 50.2 Å². The number of phenolic OH excluding ortho intramolecular Hbond substituents is 1. The number of nitrogens with one attached hydrogen (secondary N) is 2. The fourth-order valence-electron chi connectivity index (χ4n) is 2.67. The summed E-state index contributed by atoms with van der Waals surface area (Å²) in [5.41, 5.74) is 2.59. The van der Waals surface area contributed by atoms with Gasteiger partial charge in [-0.15, -0.1) is 0 Å². The van der Waals surface area contributed by atoms with Crippen LogP contribution in [0.15, 0.2) is 48.7 Å². The van der Waals surface area contributed by atoms with Crippen LogP contribution in [0.2, 0.25) is 0 Å². The van der Waals surface area contributed by atoms with Crippen molar-refractivity contribution in [1.29, 1.82) is 0 Å². The van der Waals surface area contributed by atoms with E-state index in [1.807, 2.05) is 25.1 Å². The summed E-state index contributed by atoms with van der Waals surface area (Å²) in [6.45, 7) is 4.52. The Bertz CT molecular complexity index is 923. The maximum absolute atomic E-state index is 12.4. The predicted molar refractivity (Wildman–Crippen MR) is 99.0 cm³/mol. The van der Waals surface area contributed by atoms with Gasteiger partial charge in [-0.25, -0.2) is 9.78 Å². The second-order valence-corrected chi connectivity index (χ2v) is 5.61. The molecule has 0 saturated carbocycles. The Labute approximate surface area is 151 Å². The van der Waals surface area contributed by atoms with Gasteiger partial charge in [-0.3, -0.25) is 0 Å². The summed E-state index contributed by atoms with van der Waals surface area (Å²) < 4.78 is 10.8. The molecule has 6 nitrogen and oxygen atoms in total. The summed E-state index contributed by atoms with van der Waals surface area (Å²) in [5.74, 6) is 0.461. The highest BCUT2D eigenvalue weighted by molar-refractivity contribution is 6.05. The molecule has 3 N–H and O–H groups in total. The number of hydrogen-bond acceptors (Lipinski definition) is 5. The molecule has 0 atom stereocenters. The zero-order chi connectivity index (χ0) is 18.5. The molecular weight excluding hydrogens is 332 g/mol. The fourth-order valence-corrected chi connectivity index (χ4v) is 2.67. The first-order valence-corrected chi connectivity index (χ1v) is 8.46. The van der Waals surface area contributed by atoms with Crippen molar-refractivity contribution in [2.75, 3.05) is 18.5 Å². The number of aromatic nitrogens is 1. The predicted octanol–water partition coefficient (Wildman–Crippen LogP) is 3.68. The summed E-state index contributed by atoms with van der Waals surface area (Å²) in [7, 11) is 0. The number of ether oxygens (including phenoxy) is 2. The van der Waals surface area contributed by atoms with Gasteiger partial charge in [0.05, 0.1) is 24.3 Å². The molecule has 0 spiro atoms. The zero-order valence-electron chi connectivity index (χ0n) is 14.7. The van der Waals surface area contributed by atoms with Crippen LogP contribution in [0.25, 0.3) is 10.9 Å². The number of carbonyl (C=O) groups excluding carboxylic acids is 1. The van der Waals surface area contributed by atoms with Gasteiger partial charge in [0.1, 0.15) is 17.1 Å². The molecule has 0 fully saturated rings. The van der Waals surface area contributed by atoms with Crippen LogP contribution < -0.4 is 15.0 Å². The van der Waals surface area contributed by atoms with Gasteiger partial charge in [0.25, 0.3) is 0 Å². The Morgan fingerprint density at radius 1 is 1.12 bits per heavy atom. The van der Waals surface area contributed by atoms with Crippen molar-refractivity contribution in [2.45, 2.75) is 13.8 Å². The quantitative estimate of drug-likeness (QED) is 0.522. The van der Waals surface area contributed by atoms with E-state index >= 15 is 0 Å². The number of esters is 1. The third kappa shape index (κ3) is 3.69. The number of anilines is 2.